The molecule has 0 aliphatic heterocycles. The van der Waals surface area contributed by atoms with Gasteiger partial charge in [0, 0.05) is 5.56 Å². The molecule has 0 spiro atoms. The van der Waals surface area contributed by atoms with E-state index in [0.29, 0.717) is 6.07 Å². The standard InChI is InChI=1S/C9H8F3NO4/c10-9(11,12)5-2-3(14)1-4(7(5)15)6(13)8(16)17/h1-2,6,14-15H,13H2,(H,16,17). The van der Waals surface area contributed by atoms with Crippen molar-refractivity contribution in [3.05, 3.63) is 23.3 Å². The summed E-state index contributed by atoms with van der Waals surface area (Å²) < 4.78 is 37.2. The zero-order chi connectivity index (χ0) is 13.4. The molecule has 1 rings (SSSR count). The highest BCUT2D eigenvalue weighted by atomic mass is 19.4. The normalized spacial score (nSPS) is 13.4. The van der Waals surface area contributed by atoms with E-state index in [1.807, 2.05) is 0 Å². The number of carbonyl (C=O) groups is 1. The fourth-order valence-corrected chi connectivity index (χ4v) is 1.23. The van der Waals surface area contributed by atoms with Crippen LogP contribution in [0.5, 0.6) is 11.5 Å². The SMILES string of the molecule is NC(C(=O)O)c1cc(O)cc(C(F)(F)F)c1O. The number of nitrogens with two attached hydrogens (primary N) is 1. The number of rotatable bonds is 2. The molecule has 0 fully saturated rings. The molecule has 1 aromatic carbocycles. The third-order valence-electron chi connectivity index (χ3n) is 2.03. The Labute approximate surface area is 92.9 Å². The lowest BCUT2D eigenvalue weighted by molar-refractivity contribution is -0.141. The summed E-state index contributed by atoms with van der Waals surface area (Å²) in [6.45, 7) is 0. The van der Waals surface area contributed by atoms with E-state index in [4.69, 9.17) is 15.9 Å². The molecule has 17 heavy (non-hydrogen) atoms. The van der Waals surface area contributed by atoms with Crippen molar-refractivity contribution < 1.29 is 33.3 Å². The lowest BCUT2D eigenvalue weighted by Crippen LogP contribution is -2.21. The molecule has 0 radical (unpaired) electrons. The smallest absolute Gasteiger partial charge is 0.420 e. The summed E-state index contributed by atoms with van der Waals surface area (Å²) in [5, 5.41) is 26.9. The monoisotopic (exact) mass is 251 g/mol. The van der Waals surface area contributed by atoms with Crippen LogP contribution in [0.25, 0.3) is 0 Å². The number of carboxylic acids is 1. The van der Waals surface area contributed by atoms with Crippen LogP contribution in [0.1, 0.15) is 17.2 Å². The quantitative estimate of drug-likeness (QED) is 0.591. The second-order valence-corrected chi connectivity index (χ2v) is 3.24. The molecule has 0 heterocycles. The Morgan fingerprint density at radius 2 is 1.82 bits per heavy atom. The summed E-state index contributed by atoms with van der Waals surface area (Å²) in [5.41, 5.74) is 2.84. The van der Waals surface area contributed by atoms with E-state index in [2.05, 4.69) is 0 Å². The Kier molecular flexibility index (Phi) is 3.18. The van der Waals surface area contributed by atoms with Crippen LogP contribution in [0.3, 0.4) is 0 Å². The first-order valence-electron chi connectivity index (χ1n) is 4.26. The van der Waals surface area contributed by atoms with Gasteiger partial charge in [-0.3, -0.25) is 4.79 Å². The van der Waals surface area contributed by atoms with Gasteiger partial charge in [-0.15, -0.1) is 0 Å². The molecule has 1 aromatic rings. The fraction of sp³-hybridized carbons (Fsp3) is 0.222. The van der Waals surface area contributed by atoms with Crippen LogP contribution in [0.15, 0.2) is 12.1 Å². The van der Waals surface area contributed by atoms with Crippen LogP contribution in [0.4, 0.5) is 13.2 Å². The Morgan fingerprint density at radius 1 is 1.29 bits per heavy atom. The van der Waals surface area contributed by atoms with Crippen LogP contribution in [-0.2, 0) is 11.0 Å². The first-order chi connectivity index (χ1) is 7.64. The maximum Gasteiger partial charge on any atom is 0.420 e. The minimum Gasteiger partial charge on any atom is -0.508 e. The Bertz CT molecular complexity index is 458. The minimum absolute atomic E-state index is 0.285. The predicted molar refractivity (Wildman–Crippen MR) is 49.3 cm³/mol. The molecule has 1 atom stereocenters. The first-order valence-corrected chi connectivity index (χ1v) is 4.26. The summed E-state index contributed by atoms with van der Waals surface area (Å²) >= 11 is 0. The number of halogens is 3. The minimum atomic E-state index is -4.92. The molecule has 1 unspecified atom stereocenters. The van der Waals surface area contributed by atoms with Crippen LogP contribution >= 0.6 is 0 Å². The highest BCUT2D eigenvalue weighted by molar-refractivity contribution is 5.77. The molecule has 8 heteroatoms. The van der Waals surface area contributed by atoms with Gasteiger partial charge >= 0.3 is 12.1 Å². The van der Waals surface area contributed by atoms with Gasteiger partial charge in [0.25, 0.3) is 0 Å². The highest BCUT2D eigenvalue weighted by Crippen LogP contribution is 2.41. The van der Waals surface area contributed by atoms with Gasteiger partial charge in [-0.1, -0.05) is 0 Å². The second kappa shape index (κ2) is 4.13. The number of benzene rings is 1. The van der Waals surface area contributed by atoms with Crippen molar-refractivity contribution in [1.29, 1.82) is 0 Å². The number of hydrogen-bond donors (Lipinski definition) is 4. The molecular weight excluding hydrogens is 243 g/mol. The Hall–Kier alpha value is -1.96. The van der Waals surface area contributed by atoms with Gasteiger partial charge in [0.15, 0.2) is 0 Å². The van der Waals surface area contributed by atoms with Gasteiger partial charge < -0.3 is 21.1 Å². The number of aliphatic carboxylic acids is 1. The van der Waals surface area contributed by atoms with E-state index in [9.17, 15) is 23.1 Å². The summed E-state index contributed by atoms with van der Waals surface area (Å²) in [5.74, 6) is -3.76. The molecule has 0 aliphatic carbocycles. The van der Waals surface area contributed by atoms with Gasteiger partial charge in [0.1, 0.15) is 23.1 Å². The molecule has 94 valence electrons. The van der Waals surface area contributed by atoms with E-state index >= 15 is 0 Å². The van der Waals surface area contributed by atoms with Crippen molar-refractivity contribution in [1.82, 2.24) is 0 Å². The predicted octanol–water partition coefficient (Wildman–Crippen LogP) is 1.20. The molecular formula is C9H8F3NO4. The number of alkyl halides is 3. The first kappa shape index (κ1) is 13.1. The van der Waals surface area contributed by atoms with E-state index in [-0.39, 0.29) is 6.07 Å². The van der Waals surface area contributed by atoms with Crippen molar-refractivity contribution in [3.63, 3.8) is 0 Å². The number of carboxylic acid groups (broad SMARTS) is 1. The summed E-state index contributed by atoms with van der Waals surface area (Å²) in [7, 11) is 0. The molecule has 0 bridgehead atoms. The summed E-state index contributed by atoms with van der Waals surface area (Å²) in [4.78, 5) is 10.5. The molecule has 5 nitrogen and oxygen atoms in total. The number of aromatic hydroxyl groups is 2. The maximum absolute atomic E-state index is 12.4. The third kappa shape index (κ3) is 2.59. The van der Waals surface area contributed by atoms with Crippen LogP contribution in [0.2, 0.25) is 0 Å². The number of phenols is 2. The van der Waals surface area contributed by atoms with Gasteiger partial charge in [-0.2, -0.15) is 13.2 Å². The van der Waals surface area contributed by atoms with Gasteiger partial charge in [0.2, 0.25) is 0 Å². The molecule has 0 amide bonds. The Morgan fingerprint density at radius 3 is 2.24 bits per heavy atom. The van der Waals surface area contributed by atoms with Crippen LogP contribution in [-0.4, -0.2) is 21.3 Å². The lowest BCUT2D eigenvalue weighted by atomic mass is 10.0. The molecule has 5 N–H and O–H groups in total. The van der Waals surface area contributed by atoms with Crippen molar-refractivity contribution in [3.8, 4) is 11.5 Å². The summed E-state index contributed by atoms with van der Waals surface area (Å²) in [6.07, 6.45) is -4.92. The zero-order valence-electron chi connectivity index (χ0n) is 8.19. The van der Waals surface area contributed by atoms with Crippen molar-refractivity contribution in [2.24, 2.45) is 5.73 Å². The van der Waals surface area contributed by atoms with Crippen molar-refractivity contribution in [2.45, 2.75) is 12.2 Å². The third-order valence-corrected chi connectivity index (χ3v) is 2.03. The van der Waals surface area contributed by atoms with Crippen LogP contribution < -0.4 is 5.73 Å². The van der Waals surface area contributed by atoms with Gasteiger partial charge in [0.05, 0.1) is 0 Å². The number of hydrogen-bond acceptors (Lipinski definition) is 4. The van der Waals surface area contributed by atoms with Gasteiger partial charge in [-0.05, 0) is 12.1 Å². The molecule has 0 saturated carbocycles. The Balaban J connectivity index is 3.44. The second-order valence-electron chi connectivity index (χ2n) is 3.24. The largest absolute Gasteiger partial charge is 0.508 e. The van der Waals surface area contributed by atoms with E-state index in [0.717, 1.165) is 0 Å². The van der Waals surface area contributed by atoms with Crippen molar-refractivity contribution in [2.75, 3.05) is 0 Å². The average molecular weight is 251 g/mol. The molecule has 0 aromatic heterocycles. The van der Waals surface area contributed by atoms with Gasteiger partial charge in [-0.25, -0.2) is 0 Å². The number of phenolic OH excluding ortho intramolecular Hbond substituents is 2. The van der Waals surface area contributed by atoms with E-state index < -0.39 is 40.8 Å². The fourth-order valence-electron chi connectivity index (χ4n) is 1.23. The molecule has 0 aliphatic rings. The zero-order valence-corrected chi connectivity index (χ0v) is 8.19. The van der Waals surface area contributed by atoms with E-state index in [1.54, 1.807) is 0 Å². The molecule has 0 saturated heterocycles. The average Bonchev–Trinajstić information content (AvgIpc) is 2.18. The lowest BCUT2D eigenvalue weighted by Gasteiger charge is -2.15. The van der Waals surface area contributed by atoms with Crippen LogP contribution in [0, 0.1) is 0 Å². The summed E-state index contributed by atoms with van der Waals surface area (Å²) in [6, 6.07) is -0.903. The van der Waals surface area contributed by atoms with E-state index in [1.165, 1.54) is 0 Å². The maximum atomic E-state index is 12.4. The highest BCUT2D eigenvalue weighted by Gasteiger charge is 2.36. The van der Waals surface area contributed by atoms with Crippen molar-refractivity contribution >= 4 is 5.97 Å². The topological polar surface area (TPSA) is 104 Å².